The van der Waals surface area contributed by atoms with E-state index in [9.17, 15) is 14.4 Å². The Hall–Kier alpha value is -2.61. The van der Waals surface area contributed by atoms with Crippen LogP contribution in [0.15, 0.2) is 30.3 Å². The number of piperidine rings is 1. The third-order valence-corrected chi connectivity index (χ3v) is 4.76. The minimum Gasteiger partial charge on any atom is -0.481 e. The monoisotopic (exact) mass is 369 g/mol. The van der Waals surface area contributed by atoms with Gasteiger partial charge in [-0.15, -0.1) is 5.92 Å². The summed E-state index contributed by atoms with van der Waals surface area (Å²) < 4.78 is 0. The molecule has 1 atom stereocenters. The van der Waals surface area contributed by atoms with Gasteiger partial charge in [0.15, 0.2) is 0 Å². The molecule has 0 radical (unpaired) electrons. The van der Waals surface area contributed by atoms with Crippen molar-refractivity contribution in [1.82, 2.24) is 4.90 Å². The molecular formula is C22H27NO4. The summed E-state index contributed by atoms with van der Waals surface area (Å²) in [7, 11) is 0. The first-order valence-electron chi connectivity index (χ1n) is 9.59. The summed E-state index contributed by atoms with van der Waals surface area (Å²) in [6.45, 7) is 0.365. The molecule has 1 heterocycles. The zero-order valence-corrected chi connectivity index (χ0v) is 15.7. The quantitative estimate of drug-likeness (QED) is 0.536. The molecule has 1 fully saturated rings. The Balaban J connectivity index is 1.80. The largest absolute Gasteiger partial charge is 0.481 e. The van der Waals surface area contributed by atoms with Gasteiger partial charge < -0.3 is 10.0 Å². The van der Waals surface area contributed by atoms with Gasteiger partial charge in [0.05, 0.1) is 6.54 Å². The Morgan fingerprint density at radius 3 is 2.67 bits per heavy atom. The van der Waals surface area contributed by atoms with Gasteiger partial charge in [-0.25, -0.2) is 0 Å². The molecule has 1 aliphatic rings. The summed E-state index contributed by atoms with van der Waals surface area (Å²) in [6, 6.07) is 9.77. The van der Waals surface area contributed by atoms with Crippen molar-refractivity contribution in [3.05, 3.63) is 35.9 Å². The summed E-state index contributed by atoms with van der Waals surface area (Å²) >= 11 is 0. The molecule has 5 heteroatoms. The number of nitrogens with zero attached hydrogens (tertiary/aromatic N) is 1. The predicted molar refractivity (Wildman–Crippen MR) is 103 cm³/mol. The number of unbranched alkanes of at least 4 members (excludes halogenated alkanes) is 1. The molecule has 5 nitrogen and oxygen atoms in total. The molecule has 0 aromatic heterocycles. The lowest BCUT2D eigenvalue weighted by Crippen LogP contribution is -2.44. The van der Waals surface area contributed by atoms with Crippen molar-refractivity contribution < 1.29 is 19.5 Å². The smallest absolute Gasteiger partial charge is 0.303 e. The summed E-state index contributed by atoms with van der Waals surface area (Å²) in [6.07, 6.45) is 5.04. The number of Topliss-reactive ketones (excluding diaryl/α,β-unsaturated/α-hetero) is 1. The van der Waals surface area contributed by atoms with Crippen LogP contribution in [0.1, 0.15) is 56.9 Å². The van der Waals surface area contributed by atoms with Crippen molar-refractivity contribution in [2.24, 2.45) is 0 Å². The number of carbonyl (C=O) groups excluding carboxylic acids is 2. The van der Waals surface area contributed by atoms with Crippen LogP contribution in [0, 0.1) is 11.8 Å². The maximum Gasteiger partial charge on any atom is 0.303 e. The first kappa shape index (κ1) is 20.7. The lowest BCUT2D eigenvalue weighted by atomic mass is 9.95. The summed E-state index contributed by atoms with van der Waals surface area (Å²) in [5, 5.41) is 8.61. The molecule has 1 saturated heterocycles. The zero-order valence-electron chi connectivity index (χ0n) is 15.7. The number of rotatable bonds is 9. The van der Waals surface area contributed by atoms with E-state index in [1.165, 1.54) is 0 Å². The van der Waals surface area contributed by atoms with Crippen LogP contribution >= 0.6 is 0 Å². The van der Waals surface area contributed by atoms with E-state index in [0.717, 1.165) is 18.4 Å². The second-order valence-corrected chi connectivity index (χ2v) is 6.91. The van der Waals surface area contributed by atoms with Crippen LogP contribution in [-0.4, -0.2) is 40.3 Å². The van der Waals surface area contributed by atoms with Crippen LogP contribution in [0.5, 0.6) is 0 Å². The number of carboxylic acids is 1. The fourth-order valence-electron chi connectivity index (χ4n) is 3.31. The van der Waals surface area contributed by atoms with E-state index in [1.54, 1.807) is 4.90 Å². The molecule has 1 N–H and O–H groups in total. The van der Waals surface area contributed by atoms with Gasteiger partial charge in [0.25, 0.3) is 0 Å². The minimum atomic E-state index is -0.816. The molecular weight excluding hydrogens is 342 g/mol. The minimum absolute atomic E-state index is 0.0688. The molecule has 0 spiro atoms. The molecule has 27 heavy (non-hydrogen) atoms. The highest BCUT2D eigenvalue weighted by Crippen LogP contribution is 2.22. The van der Waals surface area contributed by atoms with E-state index < -0.39 is 5.97 Å². The van der Waals surface area contributed by atoms with E-state index in [0.29, 0.717) is 45.1 Å². The molecule has 0 saturated carbocycles. The van der Waals surface area contributed by atoms with E-state index in [4.69, 9.17) is 5.11 Å². The Morgan fingerprint density at radius 2 is 1.93 bits per heavy atom. The summed E-state index contributed by atoms with van der Waals surface area (Å²) in [5.74, 6) is 5.42. The van der Waals surface area contributed by atoms with E-state index >= 15 is 0 Å². The Morgan fingerprint density at radius 1 is 1.15 bits per heavy atom. The highest BCUT2D eigenvalue weighted by atomic mass is 16.4. The van der Waals surface area contributed by atoms with E-state index in [1.807, 2.05) is 30.3 Å². The fourth-order valence-corrected chi connectivity index (χ4v) is 3.31. The van der Waals surface area contributed by atoms with Gasteiger partial charge in [-0.3, -0.25) is 14.4 Å². The number of hydrogen-bond acceptors (Lipinski definition) is 3. The SMILES string of the molecule is O=C(O)CCCC#CCN1C(=O)CCCC1CCC(=O)Cc1ccccc1. The molecule has 1 aromatic rings. The Bertz CT molecular complexity index is 702. The number of ketones is 1. The van der Waals surface area contributed by atoms with Crippen molar-refractivity contribution in [1.29, 1.82) is 0 Å². The van der Waals surface area contributed by atoms with Gasteiger partial charge in [-0.2, -0.15) is 0 Å². The number of amides is 1. The fraction of sp³-hybridized carbons (Fsp3) is 0.500. The van der Waals surface area contributed by atoms with E-state index in [-0.39, 0.29) is 24.2 Å². The number of likely N-dealkylation sites (tertiary alicyclic amines) is 1. The molecule has 1 aliphatic heterocycles. The average Bonchev–Trinajstić information content (AvgIpc) is 2.65. The maximum absolute atomic E-state index is 12.3. The lowest BCUT2D eigenvalue weighted by molar-refractivity contribution is -0.137. The Labute approximate surface area is 160 Å². The van der Waals surface area contributed by atoms with Gasteiger partial charge in [-0.1, -0.05) is 36.3 Å². The van der Waals surface area contributed by atoms with Crippen LogP contribution in [-0.2, 0) is 20.8 Å². The first-order chi connectivity index (χ1) is 13.1. The molecule has 0 aliphatic carbocycles. The van der Waals surface area contributed by atoms with Crippen LogP contribution < -0.4 is 0 Å². The number of benzene rings is 1. The van der Waals surface area contributed by atoms with Gasteiger partial charge in [-0.05, 0) is 31.2 Å². The third-order valence-electron chi connectivity index (χ3n) is 4.76. The summed E-state index contributed by atoms with van der Waals surface area (Å²) in [5.41, 5.74) is 1.02. The van der Waals surface area contributed by atoms with Crippen molar-refractivity contribution in [3.8, 4) is 11.8 Å². The van der Waals surface area contributed by atoms with Crippen molar-refractivity contribution in [3.63, 3.8) is 0 Å². The normalized spacial score (nSPS) is 16.5. The topological polar surface area (TPSA) is 74.7 Å². The highest BCUT2D eigenvalue weighted by molar-refractivity contribution is 5.81. The van der Waals surface area contributed by atoms with E-state index in [2.05, 4.69) is 11.8 Å². The molecule has 0 bridgehead atoms. The molecule has 2 rings (SSSR count). The van der Waals surface area contributed by atoms with Crippen molar-refractivity contribution >= 4 is 17.7 Å². The first-order valence-corrected chi connectivity index (χ1v) is 9.59. The second-order valence-electron chi connectivity index (χ2n) is 6.91. The van der Waals surface area contributed by atoms with Gasteiger partial charge in [0, 0.05) is 38.1 Å². The maximum atomic E-state index is 12.3. The van der Waals surface area contributed by atoms with Crippen LogP contribution in [0.3, 0.4) is 0 Å². The molecule has 144 valence electrons. The van der Waals surface area contributed by atoms with Gasteiger partial charge in [0.1, 0.15) is 5.78 Å². The predicted octanol–water partition coefficient (Wildman–Crippen LogP) is 3.22. The van der Waals surface area contributed by atoms with Gasteiger partial charge >= 0.3 is 5.97 Å². The molecule has 1 aromatic carbocycles. The number of carbonyl (C=O) groups is 3. The summed E-state index contributed by atoms with van der Waals surface area (Å²) in [4.78, 5) is 36.8. The second kappa shape index (κ2) is 11.2. The van der Waals surface area contributed by atoms with Crippen molar-refractivity contribution in [2.75, 3.05) is 6.54 Å². The van der Waals surface area contributed by atoms with Crippen LogP contribution in [0.4, 0.5) is 0 Å². The zero-order chi connectivity index (χ0) is 19.5. The van der Waals surface area contributed by atoms with Crippen molar-refractivity contribution in [2.45, 2.75) is 63.8 Å². The van der Waals surface area contributed by atoms with Gasteiger partial charge in [0.2, 0.25) is 5.91 Å². The Kier molecular flexibility index (Phi) is 8.57. The number of hydrogen-bond donors (Lipinski definition) is 1. The lowest BCUT2D eigenvalue weighted by Gasteiger charge is -2.34. The number of aliphatic carboxylic acids is 1. The molecule has 1 unspecified atom stereocenters. The highest BCUT2D eigenvalue weighted by Gasteiger charge is 2.27. The standard InChI is InChI=1S/C22H27NO4/c24-20(17-18-9-4-3-5-10-18)15-14-19-11-8-12-21(25)23(19)16-7-2-1-6-13-22(26)27/h3-5,9-10,19H,1,6,8,11-17H2,(H,26,27). The van der Waals surface area contributed by atoms with Crippen LogP contribution in [0.25, 0.3) is 0 Å². The number of carboxylic acid groups (broad SMARTS) is 1. The third kappa shape index (κ3) is 7.65. The average molecular weight is 369 g/mol. The van der Waals surface area contributed by atoms with Crippen LogP contribution in [0.2, 0.25) is 0 Å². The molecule has 1 amide bonds.